The molecule has 0 amide bonds. The van der Waals surface area contributed by atoms with Crippen molar-refractivity contribution in [2.75, 3.05) is 5.73 Å². The summed E-state index contributed by atoms with van der Waals surface area (Å²) < 4.78 is 2.89. The van der Waals surface area contributed by atoms with E-state index in [4.69, 9.17) is 5.73 Å². The summed E-state index contributed by atoms with van der Waals surface area (Å²) in [5, 5.41) is 4.32. The number of thiophene rings is 1. The number of nitrogen functional groups attached to an aromatic ring is 1. The molecule has 0 aromatic carbocycles. The summed E-state index contributed by atoms with van der Waals surface area (Å²) >= 11 is 4.04. The van der Waals surface area contributed by atoms with Crippen molar-refractivity contribution < 1.29 is 0 Å². The second kappa shape index (κ2) is 4.75. The van der Waals surface area contributed by atoms with Gasteiger partial charge in [-0.3, -0.25) is 0 Å². The third-order valence-electron chi connectivity index (χ3n) is 2.60. The predicted octanol–water partition coefficient (Wildman–Crippen LogP) is 3.30. The standard InChI is InChI=1S/C11H14IN3S/c1-3-8-4-5-10(16-8)7(2)15-11(13)9(12)6-14-15/h4-7H,3,13H2,1-2H3. The quantitative estimate of drug-likeness (QED) is 0.866. The maximum absolute atomic E-state index is 5.98. The number of nitrogens with two attached hydrogens (primary N) is 1. The van der Waals surface area contributed by atoms with Gasteiger partial charge in [-0.25, -0.2) is 4.68 Å². The fourth-order valence-electron chi connectivity index (χ4n) is 1.59. The highest BCUT2D eigenvalue weighted by atomic mass is 127. The number of hydrogen-bond acceptors (Lipinski definition) is 3. The topological polar surface area (TPSA) is 43.8 Å². The molecular formula is C11H14IN3S. The minimum atomic E-state index is 0.216. The monoisotopic (exact) mass is 347 g/mol. The van der Waals surface area contributed by atoms with Gasteiger partial charge >= 0.3 is 0 Å². The Bertz CT molecular complexity index is 489. The molecule has 86 valence electrons. The van der Waals surface area contributed by atoms with E-state index in [0.29, 0.717) is 0 Å². The van der Waals surface area contributed by atoms with Gasteiger partial charge in [0.05, 0.1) is 15.8 Å². The van der Waals surface area contributed by atoms with E-state index in [2.05, 4.69) is 53.7 Å². The van der Waals surface area contributed by atoms with Crippen molar-refractivity contribution in [3.63, 3.8) is 0 Å². The van der Waals surface area contributed by atoms with Crippen LogP contribution in [0.1, 0.15) is 29.6 Å². The Labute approximate surface area is 113 Å². The summed E-state index contributed by atoms with van der Waals surface area (Å²) in [6.07, 6.45) is 2.89. The first-order chi connectivity index (χ1) is 7.63. The van der Waals surface area contributed by atoms with Crippen LogP contribution >= 0.6 is 33.9 Å². The van der Waals surface area contributed by atoms with E-state index in [0.717, 1.165) is 15.8 Å². The third kappa shape index (κ3) is 2.10. The van der Waals surface area contributed by atoms with Crippen LogP contribution in [0.3, 0.4) is 0 Å². The third-order valence-corrected chi connectivity index (χ3v) is 4.83. The molecule has 2 rings (SSSR count). The normalized spacial score (nSPS) is 12.9. The average Bonchev–Trinajstić information content (AvgIpc) is 2.87. The first-order valence-electron chi connectivity index (χ1n) is 5.20. The van der Waals surface area contributed by atoms with Crippen molar-refractivity contribution in [1.82, 2.24) is 9.78 Å². The highest BCUT2D eigenvalue weighted by Crippen LogP contribution is 2.28. The lowest BCUT2D eigenvalue weighted by Crippen LogP contribution is -2.10. The Kier molecular flexibility index (Phi) is 3.53. The van der Waals surface area contributed by atoms with Crippen LogP contribution in [0.25, 0.3) is 0 Å². The summed E-state index contributed by atoms with van der Waals surface area (Å²) in [4.78, 5) is 2.71. The van der Waals surface area contributed by atoms with E-state index in [1.807, 2.05) is 16.0 Å². The van der Waals surface area contributed by atoms with E-state index < -0.39 is 0 Å². The maximum atomic E-state index is 5.98. The van der Waals surface area contributed by atoms with E-state index in [-0.39, 0.29) is 6.04 Å². The van der Waals surface area contributed by atoms with Crippen LogP contribution in [-0.4, -0.2) is 9.78 Å². The van der Waals surface area contributed by atoms with Crippen LogP contribution in [-0.2, 0) is 6.42 Å². The van der Waals surface area contributed by atoms with Crippen molar-refractivity contribution in [3.8, 4) is 0 Å². The van der Waals surface area contributed by atoms with Crippen LogP contribution in [0.5, 0.6) is 0 Å². The summed E-state index contributed by atoms with van der Waals surface area (Å²) in [5.74, 6) is 0.750. The SMILES string of the molecule is CCc1ccc(C(C)n2ncc(I)c2N)s1. The highest BCUT2D eigenvalue weighted by molar-refractivity contribution is 14.1. The highest BCUT2D eigenvalue weighted by Gasteiger charge is 2.15. The lowest BCUT2D eigenvalue weighted by Gasteiger charge is -2.11. The minimum Gasteiger partial charge on any atom is -0.383 e. The van der Waals surface area contributed by atoms with E-state index in [9.17, 15) is 0 Å². The molecule has 2 aromatic heterocycles. The molecule has 2 aromatic rings. The number of rotatable bonds is 3. The molecule has 0 aliphatic carbocycles. The number of nitrogens with zero attached hydrogens (tertiary/aromatic N) is 2. The van der Waals surface area contributed by atoms with Gasteiger partial charge in [-0.2, -0.15) is 5.10 Å². The number of hydrogen-bond donors (Lipinski definition) is 1. The van der Waals surface area contributed by atoms with Crippen LogP contribution in [0.15, 0.2) is 18.3 Å². The molecule has 0 fully saturated rings. The average molecular weight is 347 g/mol. The predicted molar refractivity (Wildman–Crippen MR) is 76.9 cm³/mol. The molecule has 0 saturated carbocycles. The summed E-state index contributed by atoms with van der Waals surface area (Å²) in [5.41, 5.74) is 5.98. The lowest BCUT2D eigenvalue weighted by atomic mass is 10.2. The fraction of sp³-hybridized carbons (Fsp3) is 0.364. The smallest absolute Gasteiger partial charge is 0.135 e. The molecule has 0 radical (unpaired) electrons. The van der Waals surface area contributed by atoms with Gasteiger partial charge in [0.2, 0.25) is 0 Å². The van der Waals surface area contributed by atoms with Crippen molar-refractivity contribution in [1.29, 1.82) is 0 Å². The van der Waals surface area contributed by atoms with E-state index in [1.165, 1.54) is 9.75 Å². The summed E-state index contributed by atoms with van der Waals surface area (Å²) in [7, 11) is 0. The van der Waals surface area contributed by atoms with Crippen LogP contribution in [0, 0.1) is 3.57 Å². The largest absolute Gasteiger partial charge is 0.383 e. The molecule has 2 N–H and O–H groups in total. The number of aryl methyl sites for hydroxylation is 1. The fourth-order valence-corrected chi connectivity index (χ4v) is 2.95. The number of aromatic nitrogens is 2. The molecule has 1 unspecified atom stereocenters. The van der Waals surface area contributed by atoms with Crippen molar-refractivity contribution in [2.45, 2.75) is 26.3 Å². The van der Waals surface area contributed by atoms with Crippen molar-refractivity contribution in [3.05, 3.63) is 31.7 Å². The molecule has 0 saturated heterocycles. The molecule has 0 aliphatic rings. The Morgan fingerprint density at radius 1 is 1.56 bits per heavy atom. The Balaban J connectivity index is 2.31. The van der Waals surface area contributed by atoms with E-state index in [1.54, 1.807) is 6.20 Å². The van der Waals surface area contributed by atoms with Crippen molar-refractivity contribution >= 4 is 39.7 Å². The summed E-state index contributed by atoms with van der Waals surface area (Å²) in [6, 6.07) is 4.57. The zero-order valence-electron chi connectivity index (χ0n) is 9.27. The van der Waals surface area contributed by atoms with Crippen LogP contribution in [0.4, 0.5) is 5.82 Å². The Morgan fingerprint density at radius 3 is 2.81 bits per heavy atom. The zero-order chi connectivity index (χ0) is 11.7. The minimum absolute atomic E-state index is 0.216. The zero-order valence-corrected chi connectivity index (χ0v) is 12.2. The van der Waals surface area contributed by atoms with Gasteiger partial charge in [0.1, 0.15) is 5.82 Å². The van der Waals surface area contributed by atoms with Gasteiger partial charge in [-0.05, 0) is 48.1 Å². The molecule has 5 heteroatoms. The van der Waals surface area contributed by atoms with Gasteiger partial charge in [0.15, 0.2) is 0 Å². The van der Waals surface area contributed by atoms with Gasteiger partial charge in [-0.1, -0.05) is 6.92 Å². The molecule has 0 bridgehead atoms. The van der Waals surface area contributed by atoms with Crippen molar-refractivity contribution in [2.24, 2.45) is 0 Å². The van der Waals surface area contributed by atoms with Gasteiger partial charge in [-0.15, -0.1) is 11.3 Å². The van der Waals surface area contributed by atoms with Gasteiger partial charge in [0.25, 0.3) is 0 Å². The molecule has 0 aliphatic heterocycles. The van der Waals surface area contributed by atoms with E-state index >= 15 is 0 Å². The van der Waals surface area contributed by atoms with Crippen LogP contribution in [0.2, 0.25) is 0 Å². The Hall–Kier alpha value is -0.560. The number of halogens is 1. The first kappa shape index (κ1) is 11.9. The summed E-state index contributed by atoms with van der Waals surface area (Å²) in [6.45, 7) is 4.30. The molecule has 1 atom stereocenters. The lowest BCUT2D eigenvalue weighted by molar-refractivity contribution is 0.581. The molecule has 3 nitrogen and oxygen atoms in total. The first-order valence-corrected chi connectivity index (χ1v) is 7.10. The molecule has 16 heavy (non-hydrogen) atoms. The number of anilines is 1. The molecule has 2 heterocycles. The molecular weight excluding hydrogens is 333 g/mol. The second-order valence-corrected chi connectivity index (χ2v) is 6.02. The molecule has 0 spiro atoms. The Morgan fingerprint density at radius 2 is 2.31 bits per heavy atom. The maximum Gasteiger partial charge on any atom is 0.135 e. The van der Waals surface area contributed by atoms with Crippen LogP contribution < -0.4 is 5.73 Å². The van der Waals surface area contributed by atoms with Gasteiger partial charge < -0.3 is 5.73 Å². The van der Waals surface area contributed by atoms with Gasteiger partial charge in [0, 0.05) is 9.75 Å². The second-order valence-electron chi connectivity index (χ2n) is 3.66.